The maximum absolute atomic E-state index is 12.4. The first kappa shape index (κ1) is 40.9. The van der Waals surface area contributed by atoms with Gasteiger partial charge in [0.25, 0.3) is 0 Å². The lowest BCUT2D eigenvalue weighted by Gasteiger charge is -2.36. The number of aromatic amines is 1. The highest BCUT2D eigenvalue weighted by atomic mass is 32.1. The Balaban J connectivity index is 0.00000280. The number of H-pyrrole nitrogens is 1. The fourth-order valence-corrected chi connectivity index (χ4v) is 9.69. The van der Waals surface area contributed by atoms with Crippen molar-refractivity contribution in [3.63, 3.8) is 0 Å². The summed E-state index contributed by atoms with van der Waals surface area (Å²) in [5.41, 5.74) is 2.68. The van der Waals surface area contributed by atoms with Gasteiger partial charge in [0.2, 0.25) is 5.56 Å². The number of aliphatic hydroxyl groups is 2. The van der Waals surface area contributed by atoms with Crippen molar-refractivity contribution in [2.75, 3.05) is 20.1 Å². The summed E-state index contributed by atoms with van der Waals surface area (Å²) in [6, 6.07) is 14.7. The van der Waals surface area contributed by atoms with E-state index in [0.717, 1.165) is 93.0 Å². The summed E-state index contributed by atoms with van der Waals surface area (Å²) in [4.78, 5) is 29.9. The van der Waals surface area contributed by atoms with Gasteiger partial charge in [0.05, 0.1) is 22.0 Å². The van der Waals surface area contributed by atoms with Gasteiger partial charge in [-0.2, -0.15) is 0 Å². The average Bonchev–Trinajstić information content (AvgIpc) is 3.94. The number of aromatic hydroxyl groups is 1. The lowest BCUT2D eigenvalue weighted by atomic mass is 9.76. The zero-order valence-corrected chi connectivity index (χ0v) is 31.1. The van der Waals surface area contributed by atoms with E-state index in [4.69, 9.17) is 0 Å². The van der Waals surface area contributed by atoms with E-state index < -0.39 is 17.7 Å². The smallest absolute Gasteiger partial charge is 0.341 e. The number of aliphatic carboxylic acids is 1. The number of phenols is 1. The molecule has 12 nitrogen and oxygen atoms in total. The molecule has 15 heteroatoms. The number of aliphatic hydroxyl groups excluding tert-OH is 1. The number of aromatic nitrogens is 4. The molecule has 2 atom stereocenters. The van der Waals surface area contributed by atoms with E-state index in [1.165, 1.54) is 23.5 Å². The van der Waals surface area contributed by atoms with E-state index >= 15 is 0 Å². The second kappa shape index (κ2) is 17.5. The molecule has 2 aliphatic carbocycles. The molecule has 2 fully saturated rings. The van der Waals surface area contributed by atoms with E-state index in [1.54, 1.807) is 12.1 Å². The molecule has 0 unspecified atom stereocenters. The van der Waals surface area contributed by atoms with Gasteiger partial charge in [0.15, 0.2) is 5.60 Å². The number of nitrogens with zero attached hydrogens (tertiary/aromatic N) is 4. The average molecular weight is 769 g/mol. The molecule has 2 saturated carbocycles. The van der Waals surface area contributed by atoms with Crippen molar-refractivity contribution in [2.45, 2.75) is 94.5 Å². The number of carboxylic acid groups (broad SMARTS) is 1. The molecular weight excluding hydrogens is 719 g/mol. The van der Waals surface area contributed by atoms with Crippen LogP contribution in [0.3, 0.4) is 0 Å². The van der Waals surface area contributed by atoms with Crippen molar-refractivity contribution in [3.8, 4) is 5.75 Å². The number of aryl methyl sites for hydroxylation is 1. The molecule has 0 bridgehead atoms. The highest BCUT2D eigenvalue weighted by molar-refractivity contribution is 7.10. The molecular formula is C39H50F2N6O6S. The summed E-state index contributed by atoms with van der Waals surface area (Å²) in [5.74, 6) is -1.09. The normalized spacial score (nSPS) is 19.4. The van der Waals surface area contributed by atoms with Crippen LogP contribution in [0.15, 0.2) is 58.7 Å². The van der Waals surface area contributed by atoms with Gasteiger partial charge in [0.1, 0.15) is 11.3 Å². The Morgan fingerprint density at radius 1 is 1.07 bits per heavy atom. The minimum atomic E-state index is -1.78. The van der Waals surface area contributed by atoms with Crippen LogP contribution in [-0.4, -0.2) is 77.5 Å². The first-order chi connectivity index (χ1) is 25.1. The Hall–Kier alpha value is -4.28. The first-order valence-electron chi connectivity index (χ1n) is 18.4. The van der Waals surface area contributed by atoms with Crippen LogP contribution in [0.4, 0.5) is 9.41 Å². The SMILES string of the molecule is CN(CCCn1nnc2cc(CNC[C@H](O)c3ccc(O)c4[nH]c(=O)ccc34)ccc21)C1CCC(c2ccsc2[C@@](O)(C(=O)O)C2CCCC2)CC1.F.F. The number of pyridine rings is 1. The van der Waals surface area contributed by atoms with Crippen molar-refractivity contribution in [1.82, 2.24) is 30.2 Å². The van der Waals surface area contributed by atoms with Crippen LogP contribution >= 0.6 is 11.3 Å². The summed E-state index contributed by atoms with van der Waals surface area (Å²) < 4.78 is 1.95. The standard InChI is InChI=1S/C39H48N6O6S.2FH/c1-44(27-10-8-25(9-11-27)28-17-20-52-37(28)39(51,38(49)50)26-5-2-3-6-26)18-4-19-45-32-14-7-24(21-31(32)42-43-45)22-40-23-34(47)29-12-15-33(46)36-30(29)13-16-35(48)41-36;;/h7,12-17,20-21,25-27,34,40,46-47,51H,2-6,8-11,18-19,22-23H2,1H3,(H,41,48)(H,49,50);2*1H/t25?,27?,34-,39+;;/m0../s1. The van der Waals surface area contributed by atoms with Crippen molar-refractivity contribution < 1.29 is 34.6 Å². The number of carbonyl (C=O) groups is 1. The number of benzene rings is 2. The van der Waals surface area contributed by atoms with Gasteiger partial charge in [0, 0.05) is 43.0 Å². The minimum Gasteiger partial charge on any atom is -0.506 e. The molecule has 292 valence electrons. The maximum Gasteiger partial charge on any atom is 0.341 e. The van der Waals surface area contributed by atoms with Crippen LogP contribution in [0.5, 0.6) is 5.75 Å². The number of nitrogens with one attached hydrogen (secondary N) is 2. The van der Waals surface area contributed by atoms with E-state index in [9.17, 15) is 30.0 Å². The zero-order valence-electron chi connectivity index (χ0n) is 30.3. The lowest BCUT2D eigenvalue weighted by Crippen LogP contribution is -2.42. The number of hydrogen-bond acceptors (Lipinski definition) is 10. The van der Waals surface area contributed by atoms with Crippen molar-refractivity contribution in [2.24, 2.45) is 5.92 Å². The number of thiophene rings is 1. The quantitative estimate of drug-likeness (QED) is 0.0825. The molecule has 0 radical (unpaired) electrons. The summed E-state index contributed by atoms with van der Waals surface area (Å²) in [5, 5.41) is 57.4. The zero-order chi connectivity index (χ0) is 36.4. The third-order valence-corrected chi connectivity index (χ3v) is 12.5. The number of phenolic OH excluding ortho intramolecular Hbond substituents is 1. The van der Waals surface area contributed by atoms with E-state index in [-0.39, 0.29) is 39.1 Å². The number of carboxylic acids is 1. The Morgan fingerprint density at radius 3 is 2.57 bits per heavy atom. The van der Waals surface area contributed by atoms with Crippen molar-refractivity contribution in [3.05, 3.63) is 85.8 Å². The molecule has 54 heavy (non-hydrogen) atoms. The minimum absolute atomic E-state index is 0. The molecule has 2 aromatic carbocycles. The van der Waals surface area contributed by atoms with Crippen LogP contribution < -0.4 is 10.9 Å². The Bertz CT molecular complexity index is 2090. The highest BCUT2D eigenvalue weighted by Gasteiger charge is 2.49. The molecule has 6 N–H and O–H groups in total. The van der Waals surface area contributed by atoms with Crippen molar-refractivity contribution in [1.29, 1.82) is 0 Å². The molecule has 0 aliphatic heterocycles. The number of halogens is 2. The molecule has 3 heterocycles. The summed E-state index contributed by atoms with van der Waals surface area (Å²) in [7, 11) is 2.19. The highest BCUT2D eigenvalue weighted by Crippen LogP contribution is 2.47. The van der Waals surface area contributed by atoms with Gasteiger partial charge >= 0.3 is 5.97 Å². The van der Waals surface area contributed by atoms with Crippen LogP contribution in [0, 0.1) is 5.92 Å². The predicted molar refractivity (Wildman–Crippen MR) is 205 cm³/mol. The van der Waals surface area contributed by atoms with Gasteiger partial charge in [-0.05, 0) is 117 Å². The molecule has 0 saturated heterocycles. The Morgan fingerprint density at radius 2 is 1.83 bits per heavy atom. The molecule has 3 aromatic heterocycles. The van der Waals surface area contributed by atoms with Crippen LogP contribution in [-0.2, 0) is 23.5 Å². The molecule has 2 aliphatic rings. The number of fused-ring (bicyclic) bond motifs is 2. The van der Waals surface area contributed by atoms with Gasteiger partial charge < -0.3 is 35.6 Å². The van der Waals surface area contributed by atoms with Gasteiger partial charge in [-0.15, -0.1) is 16.4 Å². The van der Waals surface area contributed by atoms with E-state index in [2.05, 4.69) is 38.6 Å². The third-order valence-electron chi connectivity index (χ3n) is 11.5. The molecule has 0 amide bonds. The predicted octanol–water partition coefficient (Wildman–Crippen LogP) is 5.68. The van der Waals surface area contributed by atoms with E-state index in [1.807, 2.05) is 28.3 Å². The molecule has 7 rings (SSSR count). The summed E-state index contributed by atoms with van der Waals surface area (Å²) in [6.45, 7) is 2.48. The topological polar surface area (TPSA) is 177 Å². The fourth-order valence-electron chi connectivity index (χ4n) is 8.54. The second-order valence-electron chi connectivity index (χ2n) is 14.7. The summed E-state index contributed by atoms with van der Waals surface area (Å²) in [6.07, 6.45) is 7.62. The third kappa shape index (κ3) is 8.20. The number of hydrogen-bond donors (Lipinski definition) is 6. The van der Waals surface area contributed by atoms with Crippen LogP contribution in [0.2, 0.25) is 0 Å². The fraction of sp³-hybridized carbons (Fsp3) is 0.487. The van der Waals surface area contributed by atoms with Gasteiger partial charge in [-0.25, -0.2) is 9.48 Å². The maximum atomic E-state index is 12.4. The Kier molecular flexibility index (Phi) is 13.2. The van der Waals surface area contributed by atoms with Gasteiger partial charge in [-0.3, -0.25) is 14.2 Å². The van der Waals surface area contributed by atoms with Gasteiger partial charge in [-0.1, -0.05) is 30.2 Å². The lowest BCUT2D eigenvalue weighted by molar-refractivity contribution is -0.166. The number of rotatable bonds is 14. The second-order valence-corrected chi connectivity index (χ2v) is 15.6. The van der Waals surface area contributed by atoms with Crippen LogP contribution in [0.25, 0.3) is 21.9 Å². The van der Waals surface area contributed by atoms with E-state index in [0.29, 0.717) is 33.9 Å². The summed E-state index contributed by atoms with van der Waals surface area (Å²) >= 11 is 1.41. The molecule has 0 spiro atoms. The molecule has 5 aromatic rings. The monoisotopic (exact) mass is 768 g/mol. The van der Waals surface area contributed by atoms with Crippen LogP contribution in [0.1, 0.15) is 91.4 Å². The largest absolute Gasteiger partial charge is 0.506 e. The van der Waals surface area contributed by atoms with Crippen molar-refractivity contribution >= 4 is 39.2 Å². The first-order valence-corrected chi connectivity index (χ1v) is 19.3. The Labute approximate surface area is 315 Å².